The lowest BCUT2D eigenvalue weighted by atomic mass is 10.1. The van der Waals surface area contributed by atoms with E-state index in [9.17, 15) is 0 Å². The number of methoxy groups -OCH3 is 1. The molecule has 0 radical (unpaired) electrons. The Hall–Kier alpha value is -0.730. The number of halogens is 1. The molecule has 0 bridgehead atoms. The van der Waals surface area contributed by atoms with Gasteiger partial charge >= 0.3 is 0 Å². The van der Waals surface area contributed by atoms with Crippen LogP contribution in [0.2, 0.25) is 5.02 Å². The molecule has 1 aromatic carbocycles. The summed E-state index contributed by atoms with van der Waals surface area (Å²) in [5.74, 6) is 0.738. The summed E-state index contributed by atoms with van der Waals surface area (Å²) in [6, 6.07) is 5.69. The third-order valence-corrected chi connectivity index (χ3v) is 2.18. The Morgan fingerprint density at radius 3 is 2.92 bits per heavy atom. The second-order valence-electron chi connectivity index (χ2n) is 2.68. The summed E-state index contributed by atoms with van der Waals surface area (Å²) in [6.07, 6.45) is 0.193. The Morgan fingerprint density at radius 1 is 1.58 bits per heavy atom. The minimum atomic E-state index is 0.193. The number of rotatable bonds is 2. The fourth-order valence-electron chi connectivity index (χ4n) is 1.22. The van der Waals surface area contributed by atoms with Gasteiger partial charge in [-0.2, -0.15) is 0 Å². The third-order valence-electron chi connectivity index (χ3n) is 1.88. The SMILES string of the molecule is COc1c(Cl)cccc1[C@@H]1CO1. The van der Waals surface area contributed by atoms with E-state index >= 15 is 0 Å². The molecular weight excluding hydrogens is 176 g/mol. The Kier molecular flexibility index (Phi) is 1.95. The van der Waals surface area contributed by atoms with Crippen LogP contribution in [0.4, 0.5) is 0 Å². The molecule has 1 fully saturated rings. The summed E-state index contributed by atoms with van der Waals surface area (Å²) >= 11 is 5.92. The molecule has 1 aliphatic rings. The van der Waals surface area contributed by atoms with Crippen molar-refractivity contribution in [1.29, 1.82) is 0 Å². The lowest BCUT2D eigenvalue weighted by Gasteiger charge is -2.06. The highest BCUT2D eigenvalue weighted by molar-refractivity contribution is 6.32. The van der Waals surface area contributed by atoms with Crippen molar-refractivity contribution in [3.8, 4) is 5.75 Å². The van der Waals surface area contributed by atoms with Crippen molar-refractivity contribution >= 4 is 11.6 Å². The van der Waals surface area contributed by atoms with Gasteiger partial charge < -0.3 is 9.47 Å². The minimum Gasteiger partial charge on any atom is -0.495 e. The highest BCUT2D eigenvalue weighted by Gasteiger charge is 2.28. The van der Waals surface area contributed by atoms with Crippen molar-refractivity contribution in [1.82, 2.24) is 0 Å². The first kappa shape index (κ1) is 7.90. The number of hydrogen-bond acceptors (Lipinski definition) is 2. The van der Waals surface area contributed by atoms with E-state index < -0.39 is 0 Å². The molecule has 0 aliphatic carbocycles. The Bertz CT molecular complexity index is 295. The third kappa shape index (κ3) is 1.28. The normalized spacial score (nSPS) is 20.7. The predicted molar refractivity (Wildman–Crippen MR) is 46.7 cm³/mol. The van der Waals surface area contributed by atoms with Crippen molar-refractivity contribution in [2.75, 3.05) is 13.7 Å². The van der Waals surface area contributed by atoms with Gasteiger partial charge in [-0.1, -0.05) is 23.7 Å². The van der Waals surface area contributed by atoms with Crippen LogP contribution in [-0.4, -0.2) is 13.7 Å². The average Bonchev–Trinajstić information content (AvgIpc) is 2.86. The van der Waals surface area contributed by atoms with Gasteiger partial charge in [0, 0.05) is 5.56 Å². The van der Waals surface area contributed by atoms with E-state index in [0.29, 0.717) is 5.02 Å². The van der Waals surface area contributed by atoms with Gasteiger partial charge in [-0.25, -0.2) is 0 Å². The lowest BCUT2D eigenvalue weighted by Crippen LogP contribution is -1.90. The van der Waals surface area contributed by atoms with Gasteiger partial charge in [0.05, 0.1) is 18.7 Å². The van der Waals surface area contributed by atoms with Gasteiger partial charge in [0.2, 0.25) is 0 Å². The van der Waals surface area contributed by atoms with Crippen LogP contribution in [0, 0.1) is 0 Å². The van der Waals surface area contributed by atoms with Crippen molar-refractivity contribution in [3.05, 3.63) is 28.8 Å². The Labute approximate surface area is 76.1 Å². The van der Waals surface area contributed by atoms with E-state index in [1.165, 1.54) is 0 Å². The molecule has 1 aromatic rings. The molecular formula is C9H9ClO2. The van der Waals surface area contributed by atoms with E-state index in [1.807, 2.05) is 18.2 Å². The monoisotopic (exact) mass is 184 g/mol. The number of benzene rings is 1. The van der Waals surface area contributed by atoms with Crippen LogP contribution in [0.5, 0.6) is 5.75 Å². The molecule has 12 heavy (non-hydrogen) atoms. The molecule has 0 spiro atoms. The first-order chi connectivity index (χ1) is 5.83. The quantitative estimate of drug-likeness (QED) is 0.659. The first-order valence-electron chi connectivity index (χ1n) is 3.77. The molecule has 0 amide bonds. The molecule has 0 N–H and O–H groups in total. The maximum atomic E-state index is 5.92. The molecule has 1 aliphatic heterocycles. The van der Waals surface area contributed by atoms with E-state index in [0.717, 1.165) is 17.9 Å². The summed E-state index contributed by atoms with van der Waals surface area (Å²) in [5, 5.41) is 0.644. The lowest BCUT2D eigenvalue weighted by molar-refractivity contribution is 0.383. The van der Waals surface area contributed by atoms with Gasteiger partial charge in [0.25, 0.3) is 0 Å². The van der Waals surface area contributed by atoms with E-state index in [-0.39, 0.29) is 6.10 Å². The molecule has 3 heteroatoms. The van der Waals surface area contributed by atoms with Crippen LogP contribution in [0.15, 0.2) is 18.2 Å². The molecule has 64 valence electrons. The van der Waals surface area contributed by atoms with Gasteiger partial charge in [-0.15, -0.1) is 0 Å². The number of epoxide rings is 1. The summed E-state index contributed by atoms with van der Waals surface area (Å²) in [5.41, 5.74) is 1.05. The van der Waals surface area contributed by atoms with Gasteiger partial charge in [-0.05, 0) is 6.07 Å². The molecule has 1 heterocycles. The highest BCUT2D eigenvalue weighted by atomic mass is 35.5. The van der Waals surface area contributed by atoms with Crippen molar-refractivity contribution < 1.29 is 9.47 Å². The number of para-hydroxylation sites is 1. The van der Waals surface area contributed by atoms with E-state index in [2.05, 4.69) is 0 Å². The highest BCUT2D eigenvalue weighted by Crippen LogP contribution is 2.39. The molecule has 2 nitrogen and oxygen atoms in total. The maximum Gasteiger partial charge on any atom is 0.143 e. The van der Waals surface area contributed by atoms with Crippen molar-refractivity contribution in [3.63, 3.8) is 0 Å². The topological polar surface area (TPSA) is 21.8 Å². The molecule has 1 saturated heterocycles. The summed E-state index contributed by atoms with van der Waals surface area (Å²) in [7, 11) is 1.62. The Morgan fingerprint density at radius 2 is 2.33 bits per heavy atom. The van der Waals surface area contributed by atoms with E-state index in [1.54, 1.807) is 7.11 Å². The molecule has 2 rings (SSSR count). The van der Waals surface area contributed by atoms with Crippen molar-refractivity contribution in [2.45, 2.75) is 6.10 Å². The van der Waals surface area contributed by atoms with Crippen LogP contribution < -0.4 is 4.74 Å². The zero-order chi connectivity index (χ0) is 8.55. The number of ether oxygens (including phenoxy) is 2. The molecule has 1 atom stereocenters. The van der Waals surface area contributed by atoms with Crippen LogP contribution in [0.25, 0.3) is 0 Å². The summed E-state index contributed by atoms with van der Waals surface area (Å²) in [4.78, 5) is 0. The smallest absolute Gasteiger partial charge is 0.143 e. The van der Waals surface area contributed by atoms with Crippen molar-refractivity contribution in [2.24, 2.45) is 0 Å². The van der Waals surface area contributed by atoms with Gasteiger partial charge in [-0.3, -0.25) is 0 Å². The fraction of sp³-hybridized carbons (Fsp3) is 0.333. The molecule has 0 saturated carbocycles. The fourth-order valence-corrected chi connectivity index (χ4v) is 1.48. The second kappa shape index (κ2) is 2.96. The summed E-state index contributed by atoms with van der Waals surface area (Å²) < 4.78 is 10.3. The van der Waals surface area contributed by atoms with Gasteiger partial charge in [0.15, 0.2) is 0 Å². The summed E-state index contributed by atoms with van der Waals surface area (Å²) in [6.45, 7) is 0.775. The largest absolute Gasteiger partial charge is 0.495 e. The predicted octanol–water partition coefficient (Wildman–Crippen LogP) is 2.42. The minimum absolute atomic E-state index is 0.193. The van der Waals surface area contributed by atoms with Crippen LogP contribution in [0.3, 0.4) is 0 Å². The zero-order valence-electron chi connectivity index (χ0n) is 6.71. The Balaban J connectivity index is 2.43. The van der Waals surface area contributed by atoms with E-state index in [4.69, 9.17) is 21.1 Å². The number of hydrogen-bond donors (Lipinski definition) is 0. The maximum absolute atomic E-state index is 5.92. The molecule has 0 unspecified atom stereocenters. The second-order valence-corrected chi connectivity index (χ2v) is 3.09. The first-order valence-corrected chi connectivity index (χ1v) is 4.14. The molecule has 0 aromatic heterocycles. The van der Waals surface area contributed by atoms with Crippen LogP contribution in [-0.2, 0) is 4.74 Å². The van der Waals surface area contributed by atoms with Crippen LogP contribution >= 0.6 is 11.6 Å². The average molecular weight is 185 g/mol. The standard InChI is InChI=1S/C9H9ClO2/c1-11-9-6(8-5-12-8)3-2-4-7(9)10/h2-4,8H,5H2,1H3/t8-/m0/s1. The van der Waals surface area contributed by atoms with Gasteiger partial charge in [0.1, 0.15) is 11.9 Å². The van der Waals surface area contributed by atoms with Crippen LogP contribution in [0.1, 0.15) is 11.7 Å². The zero-order valence-corrected chi connectivity index (χ0v) is 7.47.